The molecule has 2 saturated heterocycles. The lowest BCUT2D eigenvalue weighted by Crippen LogP contribution is -2.52. The number of nitrogens with zero attached hydrogens (tertiary/aromatic N) is 4. The van der Waals surface area contributed by atoms with Crippen molar-refractivity contribution in [3.63, 3.8) is 0 Å². The quantitative estimate of drug-likeness (QED) is 0.0372. The van der Waals surface area contributed by atoms with Crippen molar-refractivity contribution >= 4 is 62.3 Å². The van der Waals surface area contributed by atoms with E-state index in [1.165, 1.54) is 14.2 Å². The second kappa shape index (κ2) is 17.5. The Labute approximate surface area is 378 Å². The van der Waals surface area contributed by atoms with Gasteiger partial charge < -0.3 is 44.4 Å². The number of benzene rings is 4. The number of alkyl halides is 1. The van der Waals surface area contributed by atoms with Crippen molar-refractivity contribution in [2.24, 2.45) is 5.92 Å². The molecule has 2 fully saturated rings. The molecule has 0 bridgehead atoms. The molecule has 0 spiro atoms. The van der Waals surface area contributed by atoms with Crippen molar-refractivity contribution in [2.45, 2.75) is 93.7 Å². The molecule has 9 rings (SSSR count). The topological polar surface area (TPSA) is 187 Å². The number of aromatic nitrogens is 4. The summed E-state index contributed by atoms with van der Waals surface area (Å²) in [5.74, 6) is 1.74. The monoisotopic (exact) mass is 966 g/mol. The van der Waals surface area contributed by atoms with Crippen LogP contribution in [0.15, 0.2) is 79.0 Å². The van der Waals surface area contributed by atoms with E-state index in [1.54, 1.807) is 0 Å². The molecule has 7 atom stereocenters. The van der Waals surface area contributed by atoms with Crippen LogP contribution in [0.25, 0.3) is 44.2 Å². The van der Waals surface area contributed by atoms with Crippen LogP contribution in [0.1, 0.15) is 87.4 Å². The predicted molar refractivity (Wildman–Crippen MR) is 245 cm³/mol. The lowest BCUT2D eigenvalue weighted by Gasteiger charge is -2.32. The number of aliphatic hydroxyl groups excluding tert-OH is 1. The molecule has 4 aromatic carbocycles. The van der Waals surface area contributed by atoms with E-state index in [0.717, 1.165) is 86.7 Å². The summed E-state index contributed by atoms with van der Waals surface area (Å²) < 4.78 is 16.3. The van der Waals surface area contributed by atoms with E-state index in [0.29, 0.717) is 18.3 Å². The molecule has 16 heteroatoms. The van der Waals surface area contributed by atoms with Gasteiger partial charge in [-0.2, -0.15) is 0 Å². The van der Waals surface area contributed by atoms with Crippen molar-refractivity contribution in [3.8, 4) is 28.1 Å². The Morgan fingerprint density at radius 2 is 1.68 bits per heavy atom. The van der Waals surface area contributed by atoms with E-state index in [9.17, 15) is 19.5 Å². The molecule has 2 unspecified atom stereocenters. The number of amides is 3. The maximum absolute atomic E-state index is 14.4. The number of carbonyl (C=O) groups excluding carboxylic acids is 3. The Morgan fingerprint density at radius 1 is 0.905 bits per heavy atom. The number of nitrogens with one attached hydrogen (secondary N) is 4. The number of aliphatic hydroxyl groups is 1. The fourth-order valence-electron chi connectivity index (χ4n) is 9.42. The van der Waals surface area contributed by atoms with E-state index in [4.69, 9.17) is 24.2 Å². The number of methoxy groups -OCH3 is 2. The number of halogens is 1. The number of alkyl carbamates (subject to hydrolysis) is 1. The summed E-state index contributed by atoms with van der Waals surface area (Å²) in [6.45, 7) is 6.22. The molecule has 3 aliphatic heterocycles. The highest BCUT2D eigenvalue weighted by Gasteiger charge is 2.43. The van der Waals surface area contributed by atoms with Crippen LogP contribution in [0, 0.1) is 5.92 Å². The molecule has 63 heavy (non-hydrogen) atoms. The lowest BCUT2D eigenvalue weighted by atomic mass is 9.92. The maximum Gasteiger partial charge on any atom is 0.407 e. The minimum absolute atomic E-state index is 0.0175. The summed E-state index contributed by atoms with van der Waals surface area (Å²) in [5.41, 5.74) is 7.31. The molecular formula is C47H51IN8O7. The molecule has 6 aromatic rings. The SMILES string of the molecule is COC(=O)N[C@H](C(=O)N1C(c2ncc(-c3ccc4c(c3)COc3cc5c(ccc6nc([C@@H]7CC[C@H](I)N7C(=O)[C@H](NC(O)OC)c7ccccc7)[nH]c65)cc3-4)[nH]2)CC[C@@H]1C)C(C)C. The van der Waals surface area contributed by atoms with Crippen LogP contribution in [0.3, 0.4) is 0 Å². The predicted octanol–water partition coefficient (Wildman–Crippen LogP) is 7.78. The molecule has 3 aliphatic rings. The fourth-order valence-corrected chi connectivity index (χ4v) is 10.4. The number of fused-ring (bicyclic) bond motifs is 6. The summed E-state index contributed by atoms with van der Waals surface area (Å²) in [4.78, 5) is 61.0. The third-order valence-corrected chi connectivity index (χ3v) is 13.9. The second-order valence-corrected chi connectivity index (χ2v) is 18.3. The van der Waals surface area contributed by atoms with Crippen molar-refractivity contribution in [1.29, 1.82) is 0 Å². The summed E-state index contributed by atoms with van der Waals surface area (Å²) >= 11 is 2.32. The minimum Gasteiger partial charge on any atom is -0.488 e. The Kier molecular flexibility index (Phi) is 11.9. The van der Waals surface area contributed by atoms with E-state index in [1.807, 2.05) is 73.2 Å². The van der Waals surface area contributed by atoms with Gasteiger partial charge in [-0.05, 0) is 90.4 Å². The van der Waals surface area contributed by atoms with Gasteiger partial charge in [0.1, 0.15) is 36.1 Å². The molecule has 328 valence electrons. The van der Waals surface area contributed by atoms with Crippen LogP contribution in [0.5, 0.6) is 5.75 Å². The molecular weight excluding hydrogens is 915 g/mol. The van der Waals surface area contributed by atoms with E-state index < -0.39 is 24.6 Å². The standard InChI is InChI=1S/C47H51IN8O7/c1-24(2)39(53-46(59)61-4)44(57)55-25(3)11-16-35(55)42-49-22-34(51-42)28-12-14-30-29(19-28)23-63-37-21-31-27(20-32(30)37)13-15-33-41(31)52-43(50-33)36-17-18-38(48)56(36)45(58)40(54-47(60)62-5)26-9-7-6-8-10-26/h6-10,12-15,19-22,24-25,35-36,38-40,47,54,60H,11,16-18,23H2,1-5H3,(H,49,51)(H,50,52)(H,53,59)/t25-,35?,36-,38+,39-,40+,47?/m0/s1. The normalized spacial score (nSPS) is 21.0. The largest absolute Gasteiger partial charge is 0.488 e. The average Bonchev–Trinajstić information content (AvgIpc) is 4.12. The first-order valence-corrected chi connectivity index (χ1v) is 22.6. The Morgan fingerprint density at radius 3 is 2.44 bits per heavy atom. The van der Waals surface area contributed by atoms with Crippen LogP contribution >= 0.6 is 22.6 Å². The zero-order valence-corrected chi connectivity index (χ0v) is 37.9. The van der Waals surface area contributed by atoms with Gasteiger partial charge in [-0.15, -0.1) is 0 Å². The van der Waals surface area contributed by atoms with Crippen molar-refractivity contribution in [2.75, 3.05) is 14.2 Å². The smallest absolute Gasteiger partial charge is 0.407 e. The number of H-pyrrole nitrogens is 2. The fraction of sp³-hybridized carbons (Fsp3) is 0.383. The Bertz CT molecular complexity index is 2690. The minimum atomic E-state index is -1.32. The molecule has 0 aliphatic carbocycles. The molecule has 5 N–H and O–H groups in total. The molecule has 0 radical (unpaired) electrons. The second-order valence-electron chi connectivity index (χ2n) is 16.9. The highest BCUT2D eigenvalue weighted by molar-refractivity contribution is 14.1. The molecule has 5 heterocycles. The van der Waals surface area contributed by atoms with Crippen molar-refractivity contribution < 1.29 is 33.7 Å². The van der Waals surface area contributed by atoms with Gasteiger partial charge in [0.15, 0.2) is 0 Å². The van der Waals surface area contributed by atoms with E-state index in [2.05, 4.69) is 79.6 Å². The first-order chi connectivity index (χ1) is 30.4. The highest BCUT2D eigenvalue weighted by Crippen LogP contribution is 2.45. The first-order valence-electron chi connectivity index (χ1n) is 21.4. The number of likely N-dealkylation sites (tertiary alicyclic amines) is 2. The number of hydrogen-bond acceptors (Lipinski definition) is 10. The third-order valence-electron chi connectivity index (χ3n) is 12.7. The molecule has 3 amide bonds. The summed E-state index contributed by atoms with van der Waals surface area (Å²) in [7, 11) is 2.68. The van der Waals surface area contributed by atoms with Gasteiger partial charge >= 0.3 is 6.09 Å². The summed E-state index contributed by atoms with van der Waals surface area (Å²) in [6, 6.07) is 21.9. The lowest BCUT2D eigenvalue weighted by molar-refractivity contribution is -0.143. The van der Waals surface area contributed by atoms with Gasteiger partial charge in [-0.1, -0.05) is 85.0 Å². The van der Waals surface area contributed by atoms with Crippen LogP contribution < -0.4 is 15.4 Å². The van der Waals surface area contributed by atoms with Gasteiger partial charge in [0.25, 0.3) is 0 Å². The number of rotatable bonds is 11. The number of imidazole rings is 2. The molecule has 2 aromatic heterocycles. The first kappa shape index (κ1) is 42.7. The Hall–Kier alpha value is -5.56. The van der Waals surface area contributed by atoms with Crippen molar-refractivity contribution in [1.82, 2.24) is 40.4 Å². The van der Waals surface area contributed by atoms with Crippen LogP contribution in [-0.2, 0) is 25.7 Å². The van der Waals surface area contributed by atoms with Crippen molar-refractivity contribution in [3.05, 3.63) is 102 Å². The van der Waals surface area contributed by atoms with Gasteiger partial charge in [0.2, 0.25) is 18.2 Å². The van der Waals surface area contributed by atoms with Gasteiger partial charge in [0.05, 0.1) is 46.2 Å². The highest BCUT2D eigenvalue weighted by atomic mass is 127. The number of ether oxygens (including phenoxy) is 3. The van der Waals surface area contributed by atoms with Crippen LogP contribution in [0.2, 0.25) is 0 Å². The van der Waals surface area contributed by atoms with Crippen LogP contribution in [-0.4, -0.2) is 89.5 Å². The zero-order chi connectivity index (χ0) is 44.1. The number of carbonyl (C=O) groups is 3. The van der Waals surface area contributed by atoms with Gasteiger partial charge in [-0.3, -0.25) is 14.9 Å². The van der Waals surface area contributed by atoms with Gasteiger partial charge in [0, 0.05) is 24.1 Å². The summed E-state index contributed by atoms with van der Waals surface area (Å²) in [6.07, 6.45) is 2.96. The molecule has 15 nitrogen and oxygen atoms in total. The number of aromatic amines is 2. The van der Waals surface area contributed by atoms with Crippen LogP contribution in [0.4, 0.5) is 4.79 Å². The maximum atomic E-state index is 14.4. The Balaban J connectivity index is 0.971. The zero-order valence-electron chi connectivity index (χ0n) is 35.7. The van der Waals surface area contributed by atoms with E-state index >= 15 is 0 Å². The van der Waals surface area contributed by atoms with E-state index in [-0.39, 0.29) is 39.9 Å². The van der Waals surface area contributed by atoms with Gasteiger partial charge in [-0.25, -0.2) is 14.8 Å². The average molecular weight is 967 g/mol. The molecule has 0 saturated carbocycles. The summed E-state index contributed by atoms with van der Waals surface area (Å²) in [5, 5.41) is 18.0. The third kappa shape index (κ3) is 8.02. The number of hydrogen-bond donors (Lipinski definition) is 5.